The Labute approximate surface area is 184 Å². The Morgan fingerprint density at radius 2 is 1.74 bits per heavy atom. The summed E-state index contributed by atoms with van der Waals surface area (Å²) in [5.41, 5.74) is 1.05. The SMILES string of the molecule is COC(=O)c1ccc2nc(Sc3ccccc3)c3ccn(C(=O)OC(C)(C)C)c3c2c1. The van der Waals surface area contributed by atoms with Crippen LogP contribution < -0.4 is 0 Å². The van der Waals surface area contributed by atoms with Gasteiger partial charge in [-0.25, -0.2) is 14.6 Å². The molecule has 4 aromatic rings. The van der Waals surface area contributed by atoms with Gasteiger partial charge >= 0.3 is 12.1 Å². The average Bonchev–Trinajstić information content (AvgIpc) is 3.18. The summed E-state index contributed by atoms with van der Waals surface area (Å²) < 4.78 is 11.9. The van der Waals surface area contributed by atoms with Gasteiger partial charge in [-0.15, -0.1) is 0 Å². The van der Waals surface area contributed by atoms with Crippen LogP contribution >= 0.6 is 11.8 Å². The summed E-state index contributed by atoms with van der Waals surface area (Å²) in [5.74, 6) is -0.451. The van der Waals surface area contributed by atoms with Crippen LogP contribution in [0.2, 0.25) is 0 Å². The van der Waals surface area contributed by atoms with Gasteiger partial charge in [0.05, 0.1) is 23.7 Å². The van der Waals surface area contributed by atoms with E-state index in [0.717, 1.165) is 15.3 Å². The zero-order valence-corrected chi connectivity index (χ0v) is 18.5. The average molecular weight is 435 g/mol. The van der Waals surface area contributed by atoms with Crippen molar-refractivity contribution in [2.24, 2.45) is 0 Å². The van der Waals surface area contributed by atoms with Gasteiger partial charge in [0.25, 0.3) is 0 Å². The molecule has 7 heteroatoms. The van der Waals surface area contributed by atoms with Gasteiger partial charge in [-0.1, -0.05) is 30.0 Å². The number of hydrogen-bond acceptors (Lipinski definition) is 6. The van der Waals surface area contributed by atoms with E-state index in [1.165, 1.54) is 23.4 Å². The first-order valence-corrected chi connectivity index (χ1v) is 10.6. The normalized spacial score (nSPS) is 11.6. The molecule has 0 saturated carbocycles. The maximum absolute atomic E-state index is 12.9. The summed E-state index contributed by atoms with van der Waals surface area (Å²) >= 11 is 1.52. The molecular weight excluding hydrogens is 412 g/mol. The number of hydrogen-bond donors (Lipinski definition) is 0. The monoisotopic (exact) mass is 434 g/mol. The summed E-state index contributed by atoms with van der Waals surface area (Å²) in [5, 5.41) is 2.24. The molecule has 0 fully saturated rings. The van der Waals surface area contributed by atoms with Crippen molar-refractivity contribution in [3.63, 3.8) is 0 Å². The van der Waals surface area contributed by atoms with Gasteiger partial charge in [-0.3, -0.25) is 4.57 Å². The van der Waals surface area contributed by atoms with E-state index in [2.05, 4.69) is 0 Å². The quantitative estimate of drug-likeness (QED) is 0.373. The minimum Gasteiger partial charge on any atom is -0.465 e. The van der Waals surface area contributed by atoms with E-state index in [0.29, 0.717) is 22.0 Å². The number of fused-ring (bicyclic) bond motifs is 3. The van der Waals surface area contributed by atoms with Crippen molar-refractivity contribution >= 4 is 45.6 Å². The van der Waals surface area contributed by atoms with Gasteiger partial charge in [-0.05, 0) is 57.2 Å². The fraction of sp³-hybridized carbons (Fsp3) is 0.208. The Kier molecular flexibility index (Phi) is 5.45. The molecule has 2 aromatic carbocycles. The highest BCUT2D eigenvalue weighted by molar-refractivity contribution is 7.99. The van der Waals surface area contributed by atoms with Crippen LogP contribution in [0, 0.1) is 0 Å². The predicted octanol–water partition coefficient (Wildman–Crippen LogP) is 5.91. The number of carbonyl (C=O) groups is 2. The molecule has 0 unspecified atom stereocenters. The Morgan fingerprint density at radius 3 is 2.42 bits per heavy atom. The van der Waals surface area contributed by atoms with Crippen LogP contribution in [0.25, 0.3) is 21.8 Å². The Morgan fingerprint density at radius 1 is 1.00 bits per heavy atom. The van der Waals surface area contributed by atoms with Crippen molar-refractivity contribution < 1.29 is 19.1 Å². The minimum atomic E-state index is -0.644. The topological polar surface area (TPSA) is 70.4 Å². The van der Waals surface area contributed by atoms with Crippen LogP contribution in [0.1, 0.15) is 31.1 Å². The van der Waals surface area contributed by atoms with E-state index < -0.39 is 17.7 Å². The number of carbonyl (C=O) groups excluding carboxylic acids is 2. The first kappa shape index (κ1) is 20.9. The largest absolute Gasteiger partial charge is 0.465 e. The fourth-order valence-corrected chi connectivity index (χ4v) is 4.19. The third kappa shape index (κ3) is 4.27. The minimum absolute atomic E-state index is 0.388. The van der Waals surface area contributed by atoms with Crippen molar-refractivity contribution in [1.82, 2.24) is 9.55 Å². The van der Waals surface area contributed by atoms with Gasteiger partial charge in [0, 0.05) is 21.9 Å². The lowest BCUT2D eigenvalue weighted by atomic mass is 10.1. The molecule has 0 amide bonds. The van der Waals surface area contributed by atoms with Gasteiger partial charge in [0.1, 0.15) is 10.6 Å². The molecule has 0 aliphatic heterocycles. The Hall–Kier alpha value is -3.32. The van der Waals surface area contributed by atoms with Gasteiger partial charge in [-0.2, -0.15) is 0 Å². The van der Waals surface area contributed by atoms with Crippen LogP contribution in [0.15, 0.2) is 70.7 Å². The standard InChI is InChI=1S/C24H22N2O4S/c1-24(2,3)30-23(28)26-13-12-17-20(26)18-14-15(22(27)29-4)10-11-19(18)25-21(17)31-16-8-6-5-7-9-16/h5-14H,1-4H3. The highest BCUT2D eigenvalue weighted by Gasteiger charge is 2.22. The second-order valence-electron chi connectivity index (χ2n) is 7.98. The summed E-state index contributed by atoms with van der Waals surface area (Å²) in [6.07, 6.45) is 1.19. The second kappa shape index (κ2) is 8.07. The van der Waals surface area contributed by atoms with Gasteiger partial charge in [0.2, 0.25) is 0 Å². The number of methoxy groups -OCH3 is 1. The van der Waals surface area contributed by atoms with Crippen molar-refractivity contribution in [1.29, 1.82) is 0 Å². The van der Waals surface area contributed by atoms with Crippen molar-refractivity contribution in [3.8, 4) is 0 Å². The third-order valence-corrected chi connectivity index (χ3v) is 5.57. The molecule has 6 nitrogen and oxygen atoms in total. The van der Waals surface area contributed by atoms with E-state index in [4.69, 9.17) is 14.5 Å². The number of pyridine rings is 1. The molecule has 0 N–H and O–H groups in total. The molecule has 158 valence electrons. The van der Waals surface area contributed by atoms with Crippen molar-refractivity contribution in [2.75, 3.05) is 7.11 Å². The van der Waals surface area contributed by atoms with E-state index >= 15 is 0 Å². The zero-order chi connectivity index (χ0) is 22.2. The molecule has 0 saturated heterocycles. The Balaban J connectivity index is 1.96. The van der Waals surface area contributed by atoms with Crippen LogP contribution in [0.3, 0.4) is 0 Å². The first-order chi connectivity index (χ1) is 14.8. The third-order valence-electron chi connectivity index (χ3n) is 4.56. The van der Waals surface area contributed by atoms with Crippen molar-refractivity contribution in [2.45, 2.75) is 36.3 Å². The molecule has 0 aliphatic rings. The number of nitrogens with zero attached hydrogens (tertiary/aromatic N) is 2. The maximum Gasteiger partial charge on any atom is 0.419 e. The molecule has 0 radical (unpaired) electrons. The lowest BCUT2D eigenvalue weighted by Gasteiger charge is -2.20. The van der Waals surface area contributed by atoms with E-state index in [9.17, 15) is 9.59 Å². The smallest absolute Gasteiger partial charge is 0.419 e. The Bertz CT molecular complexity index is 1290. The molecule has 2 heterocycles. The molecule has 2 aromatic heterocycles. The number of benzene rings is 2. The van der Waals surface area contributed by atoms with E-state index in [1.807, 2.05) is 57.2 Å². The molecule has 0 bridgehead atoms. The number of esters is 1. The molecule has 31 heavy (non-hydrogen) atoms. The lowest BCUT2D eigenvalue weighted by molar-refractivity contribution is 0.0543. The van der Waals surface area contributed by atoms with Crippen LogP contribution in [0.4, 0.5) is 4.79 Å². The highest BCUT2D eigenvalue weighted by atomic mass is 32.2. The molecule has 0 aliphatic carbocycles. The zero-order valence-electron chi connectivity index (χ0n) is 17.7. The number of ether oxygens (including phenoxy) is 2. The second-order valence-corrected chi connectivity index (χ2v) is 9.05. The lowest BCUT2D eigenvalue weighted by Crippen LogP contribution is -2.26. The molecule has 0 atom stereocenters. The number of rotatable bonds is 3. The number of aromatic nitrogens is 2. The van der Waals surface area contributed by atoms with E-state index in [-0.39, 0.29) is 0 Å². The van der Waals surface area contributed by atoms with Crippen LogP contribution in [-0.4, -0.2) is 34.3 Å². The van der Waals surface area contributed by atoms with E-state index in [1.54, 1.807) is 24.4 Å². The fourth-order valence-electron chi connectivity index (χ4n) is 3.26. The van der Waals surface area contributed by atoms with Crippen LogP contribution in [0.5, 0.6) is 0 Å². The summed E-state index contributed by atoms with van der Waals surface area (Å²) in [7, 11) is 1.34. The first-order valence-electron chi connectivity index (χ1n) is 9.76. The molecule has 0 spiro atoms. The van der Waals surface area contributed by atoms with Gasteiger partial charge < -0.3 is 9.47 Å². The van der Waals surface area contributed by atoms with Gasteiger partial charge in [0.15, 0.2) is 0 Å². The summed E-state index contributed by atoms with van der Waals surface area (Å²) in [4.78, 5) is 30.9. The predicted molar refractivity (Wildman–Crippen MR) is 121 cm³/mol. The van der Waals surface area contributed by atoms with Crippen LogP contribution in [-0.2, 0) is 9.47 Å². The molecular formula is C24H22N2O4S. The highest BCUT2D eigenvalue weighted by Crippen LogP contribution is 2.36. The molecule has 4 rings (SSSR count). The summed E-state index contributed by atoms with van der Waals surface area (Å²) in [6.45, 7) is 5.47. The van der Waals surface area contributed by atoms with Crippen molar-refractivity contribution in [3.05, 3.63) is 66.4 Å². The maximum atomic E-state index is 12.9. The summed E-state index contributed by atoms with van der Waals surface area (Å²) in [6, 6.07) is 16.9.